The van der Waals surface area contributed by atoms with Crippen molar-refractivity contribution in [2.24, 2.45) is 0 Å². The van der Waals surface area contributed by atoms with E-state index >= 15 is 0 Å². The lowest BCUT2D eigenvalue weighted by molar-refractivity contribution is 0.568. The van der Waals surface area contributed by atoms with E-state index in [4.69, 9.17) is 0 Å². The van der Waals surface area contributed by atoms with Gasteiger partial charge >= 0.3 is 0 Å². The van der Waals surface area contributed by atoms with Crippen LogP contribution in [0.1, 0.15) is 162 Å². The van der Waals surface area contributed by atoms with Crippen LogP contribution >= 0.6 is 0 Å². The van der Waals surface area contributed by atoms with Gasteiger partial charge in [0, 0.05) is 39.7 Å². The van der Waals surface area contributed by atoms with Gasteiger partial charge in [-0.25, -0.2) is 0 Å². The first-order valence-electron chi connectivity index (χ1n) is 35.7. The maximum Gasteiger partial charge on any atom is 0.0618 e. The summed E-state index contributed by atoms with van der Waals surface area (Å²) in [5, 5.41) is 0. The average molecular weight is 1280 g/mol. The number of hydrogen-bond donors (Lipinski definition) is 0. The maximum atomic E-state index is 2.74. The third kappa shape index (κ3) is 11.3. The lowest BCUT2D eigenvalue weighted by Crippen LogP contribution is -2.31. The molecular weight excluding hydrogens is 1190 g/mol. The molecule has 1 aliphatic carbocycles. The van der Waals surface area contributed by atoms with E-state index in [0.717, 1.165) is 62.3 Å². The Hall–Kier alpha value is -10.5. The van der Waals surface area contributed by atoms with Crippen LogP contribution in [0.2, 0.25) is 0 Å². The molecule has 0 unspecified atom stereocenters. The predicted molar refractivity (Wildman–Crippen MR) is 421 cm³/mol. The van der Waals surface area contributed by atoms with Crippen LogP contribution in [-0.4, -0.2) is 0 Å². The third-order valence-corrected chi connectivity index (χ3v) is 21.4. The largest absolute Gasteiger partial charge is 0.309 e. The summed E-state index contributed by atoms with van der Waals surface area (Å²) < 4.78 is 0. The summed E-state index contributed by atoms with van der Waals surface area (Å²) >= 11 is 0. The quantitative estimate of drug-likeness (QED) is 0.142. The topological polar surface area (TPSA) is 6.48 Å². The van der Waals surface area contributed by atoms with Crippen molar-refractivity contribution in [2.75, 3.05) is 9.80 Å². The summed E-state index contributed by atoms with van der Waals surface area (Å²) in [6.07, 6.45) is 0.879. The number of fused-ring (bicyclic) bond motifs is 6. The number of benzene rings is 13. The fraction of sp³-hybridized carbons (Fsp3) is 0.196. The second kappa shape index (κ2) is 24.2. The van der Waals surface area contributed by atoms with Gasteiger partial charge in [0.1, 0.15) is 0 Å². The van der Waals surface area contributed by atoms with E-state index in [1.165, 1.54) is 112 Å². The van der Waals surface area contributed by atoms with Crippen LogP contribution in [0.5, 0.6) is 0 Å². The zero-order valence-corrected chi connectivity index (χ0v) is 59.5. The van der Waals surface area contributed by atoms with Gasteiger partial charge in [-0.15, -0.1) is 0 Å². The van der Waals surface area contributed by atoms with E-state index in [2.05, 4.69) is 384 Å². The minimum atomic E-state index is -0.208. The molecule has 0 amide bonds. The lowest BCUT2D eigenvalue weighted by Gasteiger charge is -2.47. The standard InChI is InChI=1S/C97H88N2/c1-94(2,3)73-52-70(53-74(60-73)95(4,5)6)66-47-49-83-85(56-66)98(92-79(62-31-17-13-18-32-62)43-29-44-80(92)63-33-19-14-20-34-63)87-58-72(89-77-41-27-25-39-68(77)51-69-40-26-28-42-78(69)89)59-88-91(87)90(83)84-50-48-67(71-54-75(96(7,8)9)61-76(55-71)97(10,11)12)57-86(84)99(88)93-81(64-35-21-15-22-36-64)45-30-46-82(93)65-37-23-16-24-38-65/h13-50,52-61,89-90H,51H2,1-12H3. The normalized spacial score (nSPS) is 13.7. The molecule has 0 aromatic heterocycles. The molecule has 0 bridgehead atoms. The molecule has 16 rings (SSSR count). The Morgan fingerprint density at radius 3 is 0.879 bits per heavy atom. The van der Waals surface area contributed by atoms with E-state index in [0.29, 0.717) is 0 Å². The molecule has 99 heavy (non-hydrogen) atoms. The molecule has 0 saturated carbocycles. The van der Waals surface area contributed by atoms with Crippen molar-refractivity contribution in [2.45, 2.75) is 123 Å². The summed E-state index contributed by atoms with van der Waals surface area (Å²) in [4.78, 5) is 5.48. The lowest BCUT2D eigenvalue weighted by atomic mass is 9.71. The van der Waals surface area contributed by atoms with Gasteiger partial charge in [-0.1, -0.05) is 350 Å². The number of nitrogens with zero attached hydrogens (tertiary/aromatic N) is 2. The maximum absolute atomic E-state index is 2.74. The van der Waals surface area contributed by atoms with Crippen molar-refractivity contribution in [3.05, 3.63) is 358 Å². The molecule has 13 aromatic carbocycles. The van der Waals surface area contributed by atoms with Gasteiger partial charge in [0.05, 0.1) is 34.1 Å². The Morgan fingerprint density at radius 2 is 0.556 bits per heavy atom. The van der Waals surface area contributed by atoms with E-state index in [-0.39, 0.29) is 33.5 Å². The molecule has 13 aromatic rings. The van der Waals surface area contributed by atoms with Gasteiger partial charge in [-0.2, -0.15) is 0 Å². The Balaban J connectivity index is 1.11. The first-order valence-corrected chi connectivity index (χ1v) is 35.7. The number of rotatable bonds is 9. The third-order valence-electron chi connectivity index (χ3n) is 21.4. The van der Waals surface area contributed by atoms with Crippen molar-refractivity contribution >= 4 is 34.1 Å². The Morgan fingerprint density at radius 1 is 0.242 bits per heavy atom. The smallest absolute Gasteiger partial charge is 0.0618 e. The fourth-order valence-corrected chi connectivity index (χ4v) is 16.0. The molecule has 0 N–H and O–H groups in total. The van der Waals surface area contributed by atoms with E-state index in [9.17, 15) is 0 Å². The molecule has 486 valence electrons. The van der Waals surface area contributed by atoms with Gasteiger partial charge < -0.3 is 9.80 Å². The average Bonchev–Trinajstić information content (AvgIpc) is 0.686. The van der Waals surface area contributed by atoms with Crippen molar-refractivity contribution in [1.29, 1.82) is 0 Å². The van der Waals surface area contributed by atoms with E-state index in [1.54, 1.807) is 0 Å². The molecule has 2 heteroatoms. The van der Waals surface area contributed by atoms with Crippen LogP contribution in [0.15, 0.2) is 291 Å². The number of para-hydroxylation sites is 2. The minimum absolute atomic E-state index is 0.0873. The molecule has 2 nitrogen and oxygen atoms in total. The minimum Gasteiger partial charge on any atom is -0.309 e. The van der Waals surface area contributed by atoms with E-state index in [1.807, 2.05) is 0 Å². The van der Waals surface area contributed by atoms with Gasteiger partial charge in [0.15, 0.2) is 0 Å². The second-order valence-corrected chi connectivity index (χ2v) is 32.1. The molecule has 0 saturated heterocycles. The Bertz CT molecular complexity index is 4750. The summed E-state index contributed by atoms with van der Waals surface area (Å²) in [5.74, 6) is -0.307. The van der Waals surface area contributed by atoms with Crippen LogP contribution in [0.25, 0.3) is 66.8 Å². The van der Waals surface area contributed by atoms with Gasteiger partial charge in [-0.05, 0) is 158 Å². The second-order valence-electron chi connectivity index (χ2n) is 32.1. The predicted octanol–water partition coefficient (Wildman–Crippen LogP) is 26.7. The van der Waals surface area contributed by atoms with Crippen LogP contribution in [-0.2, 0) is 28.1 Å². The first kappa shape index (κ1) is 63.2. The van der Waals surface area contributed by atoms with Gasteiger partial charge in [-0.3, -0.25) is 0 Å². The zero-order chi connectivity index (χ0) is 68.3. The van der Waals surface area contributed by atoms with Crippen molar-refractivity contribution < 1.29 is 0 Å². The molecule has 0 radical (unpaired) electrons. The zero-order valence-electron chi connectivity index (χ0n) is 59.5. The number of anilines is 6. The van der Waals surface area contributed by atoms with Gasteiger partial charge in [0.25, 0.3) is 0 Å². The molecule has 3 aliphatic rings. The molecular formula is C97H88N2. The molecule has 2 heterocycles. The molecule has 0 atom stereocenters. The summed E-state index contributed by atoms with van der Waals surface area (Å²) in [6.45, 7) is 28.3. The fourth-order valence-electron chi connectivity index (χ4n) is 16.0. The van der Waals surface area contributed by atoms with Crippen LogP contribution in [0.3, 0.4) is 0 Å². The first-order chi connectivity index (χ1) is 47.6. The molecule has 2 aliphatic heterocycles. The Labute approximate surface area is 588 Å². The highest BCUT2D eigenvalue weighted by molar-refractivity contribution is 6.07. The van der Waals surface area contributed by atoms with Crippen LogP contribution < -0.4 is 9.80 Å². The van der Waals surface area contributed by atoms with Crippen molar-refractivity contribution in [1.82, 2.24) is 0 Å². The Kier molecular flexibility index (Phi) is 15.4. The number of hydrogen-bond acceptors (Lipinski definition) is 2. The highest BCUT2D eigenvalue weighted by Gasteiger charge is 2.45. The summed E-state index contributed by atoms with van der Waals surface area (Å²) in [6, 6.07) is 112. The molecule has 0 fully saturated rings. The SMILES string of the molecule is CC(C)(C)c1cc(-c2ccc3c(c2)N(c2c(-c4ccccc4)cccc2-c2ccccc2)c2cc(C4c5ccccc5Cc5ccccc54)cc4c2C3c2ccc(-c3cc(C(C)(C)C)cc(C(C)(C)C)c3)cc2N4c2c(-c3ccccc3)cccc2-c2ccccc2)cc(C(C)(C)C)c1. The van der Waals surface area contributed by atoms with Crippen LogP contribution in [0.4, 0.5) is 34.1 Å². The summed E-state index contributed by atoms with van der Waals surface area (Å²) in [7, 11) is 0. The highest BCUT2D eigenvalue weighted by Crippen LogP contribution is 2.65. The van der Waals surface area contributed by atoms with Crippen molar-refractivity contribution in [3.63, 3.8) is 0 Å². The van der Waals surface area contributed by atoms with Crippen LogP contribution in [0, 0.1) is 0 Å². The van der Waals surface area contributed by atoms with Crippen molar-refractivity contribution in [3.8, 4) is 66.8 Å². The monoisotopic (exact) mass is 1280 g/mol. The highest BCUT2D eigenvalue weighted by atomic mass is 15.2. The summed E-state index contributed by atoms with van der Waals surface area (Å²) in [5.41, 5.74) is 36.5. The molecule has 0 spiro atoms. The van der Waals surface area contributed by atoms with E-state index < -0.39 is 0 Å². The van der Waals surface area contributed by atoms with Gasteiger partial charge in [0.2, 0.25) is 0 Å².